The molecule has 0 bridgehead atoms. The maximum atomic E-state index is 12.5. The second-order valence-electron chi connectivity index (χ2n) is 6.02. The summed E-state index contributed by atoms with van der Waals surface area (Å²) in [5.74, 6) is -0.441. The molecule has 0 spiro atoms. The zero-order valence-electron chi connectivity index (χ0n) is 14.7. The molecule has 5 nitrogen and oxygen atoms in total. The number of benzene rings is 2. The average Bonchev–Trinajstić information content (AvgIpc) is 2.52. The zero-order chi connectivity index (χ0) is 18.4. The summed E-state index contributed by atoms with van der Waals surface area (Å²) < 4.78 is 32.6. The summed E-state index contributed by atoms with van der Waals surface area (Å²) in [7, 11) is -3.66. The highest BCUT2D eigenvalue weighted by molar-refractivity contribution is 7.89. The van der Waals surface area contributed by atoms with Crippen molar-refractivity contribution in [2.75, 3.05) is 6.54 Å². The number of aryl methyl sites for hydroxylation is 3. The largest absolute Gasteiger partial charge is 0.461 e. The molecule has 0 unspecified atom stereocenters. The summed E-state index contributed by atoms with van der Waals surface area (Å²) >= 11 is 0. The molecule has 25 heavy (non-hydrogen) atoms. The first-order chi connectivity index (χ1) is 11.8. The maximum absolute atomic E-state index is 12.5. The Kier molecular flexibility index (Phi) is 6.33. The van der Waals surface area contributed by atoms with Gasteiger partial charge in [-0.3, -0.25) is 4.79 Å². The van der Waals surface area contributed by atoms with E-state index in [9.17, 15) is 13.2 Å². The van der Waals surface area contributed by atoms with E-state index in [-0.39, 0.29) is 24.5 Å². The van der Waals surface area contributed by atoms with Gasteiger partial charge in [-0.25, -0.2) is 13.1 Å². The van der Waals surface area contributed by atoms with Gasteiger partial charge in [-0.1, -0.05) is 48.0 Å². The highest BCUT2D eigenvalue weighted by Gasteiger charge is 2.19. The monoisotopic (exact) mass is 361 g/mol. The fourth-order valence-corrected chi connectivity index (χ4v) is 4.24. The molecule has 134 valence electrons. The summed E-state index contributed by atoms with van der Waals surface area (Å²) in [4.78, 5) is 12.0. The Hall–Kier alpha value is -2.18. The van der Waals surface area contributed by atoms with E-state index in [1.165, 1.54) is 0 Å². The van der Waals surface area contributed by atoms with Gasteiger partial charge in [0.15, 0.2) is 0 Å². The standard InChI is InChI=1S/C19H23NO4S/c1-14-11-15(2)19(16(3)12-14)25(22,23)20-10-9-18(21)24-13-17-7-5-4-6-8-17/h4-8,11-12,20H,9-10,13H2,1-3H3. The van der Waals surface area contributed by atoms with Gasteiger partial charge in [0.05, 0.1) is 11.3 Å². The minimum Gasteiger partial charge on any atom is -0.461 e. The molecule has 0 atom stereocenters. The van der Waals surface area contributed by atoms with Crippen molar-refractivity contribution in [2.45, 2.75) is 38.7 Å². The van der Waals surface area contributed by atoms with Crippen LogP contribution in [0.4, 0.5) is 0 Å². The second kappa shape index (κ2) is 8.27. The number of carbonyl (C=O) groups is 1. The highest BCUT2D eigenvalue weighted by Crippen LogP contribution is 2.21. The lowest BCUT2D eigenvalue weighted by atomic mass is 10.1. The van der Waals surface area contributed by atoms with E-state index in [1.54, 1.807) is 13.8 Å². The lowest BCUT2D eigenvalue weighted by Crippen LogP contribution is -2.28. The van der Waals surface area contributed by atoms with Crippen molar-refractivity contribution in [3.8, 4) is 0 Å². The molecule has 0 radical (unpaired) electrons. The fourth-order valence-electron chi connectivity index (χ4n) is 2.76. The Balaban J connectivity index is 1.89. The van der Waals surface area contributed by atoms with Crippen LogP contribution >= 0.6 is 0 Å². The first-order valence-corrected chi connectivity index (χ1v) is 9.55. The molecule has 0 amide bonds. The van der Waals surface area contributed by atoms with Crippen LogP contribution in [0.5, 0.6) is 0 Å². The highest BCUT2D eigenvalue weighted by atomic mass is 32.2. The first-order valence-electron chi connectivity index (χ1n) is 8.06. The Morgan fingerprint density at radius 3 is 2.24 bits per heavy atom. The number of hydrogen-bond donors (Lipinski definition) is 1. The number of sulfonamides is 1. The number of esters is 1. The predicted molar refractivity (Wildman–Crippen MR) is 96.7 cm³/mol. The van der Waals surface area contributed by atoms with Crippen LogP contribution in [-0.4, -0.2) is 20.9 Å². The minimum atomic E-state index is -3.66. The topological polar surface area (TPSA) is 72.5 Å². The molecule has 2 rings (SSSR count). The predicted octanol–water partition coefficient (Wildman–Crippen LogP) is 3.02. The average molecular weight is 361 g/mol. The molecule has 0 aliphatic rings. The van der Waals surface area contributed by atoms with E-state index in [1.807, 2.05) is 49.4 Å². The van der Waals surface area contributed by atoms with Crippen LogP contribution in [-0.2, 0) is 26.2 Å². The van der Waals surface area contributed by atoms with Gasteiger partial charge in [-0.15, -0.1) is 0 Å². The number of ether oxygens (including phenoxy) is 1. The van der Waals surface area contributed by atoms with Crippen molar-refractivity contribution >= 4 is 16.0 Å². The van der Waals surface area contributed by atoms with Crippen LogP contribution in [0, 0.1) is 20.8 Å². The number of carbonyl (C=O) groups excluding carboxylic acids is 1. The lowest BCUT2D eigenvalue weighted by Gasteiger charge is -2.13. The smallest absolute Gasteiger partial charge is 0.307 e. The summed E-state index contributed by atoms with van der Waals surface area (Å²) in [6, 6.07) is 13.0. The summed E-state index contributed by atoms with van der Waals surface area (Å²) in [5, 5.41) is 0. The lowest BCUT2D eigenvalue weighted by molar-refractivity contribution is -0.144. The second-order valence-corrected chi connectivity index (χ2v) is 7.73. The molecule has 2 aromatic rings. The number of nitrogens with one attached hydrogen (secondary N) is 1. The molecule has 1 N–H and O–H groups in total. The molecule has 0 aliphatic heterocycles. The van der Waals surface area contributed by atoms with Crippen molar-refractivity contribution in [3.63, 3.8) is 0 Å². The minimum absolute atomic E-state index is 0.00269. The van der Waals surface area contributed by atoms with Gasteiger partial charge in [0.2, 0.25) is 10.0 Å². The van der Waals surface area contributed by atoms with Crippen LogP contribution in [0.15, 0.2) is 47.4 Å². The molecular formula is C19H23NO4S. The Morgan fingerprint density at radius 2 is 1.64 bits per heavy atom. The van der Waals surface area contributed by atoms with E-state index >= 15 is 0 Å². The Morgan fingerprint density at radius 1 is 1.04 bits per heavy atom. The van der Waals surface area contributed by atoms with Gasteiger partial charge < -0.3 is 4.74 Å². The van der Waals surface area contributed by atoms with Crippen molar-refractivity contribution in [1.82, 2.24) is 4.72 Å². The van der Waals surface area contributed by atoms with Gasteiger partial charge in [0.1, 0.15) is 6.61 Å². The molecule has 0 aromatic heterocycles. The zero-order valence-corrected chi connectivity index (χ0v) is 15.5. The van der Waals surface area contributed by atoms with Crippen LogP contribution in [0.1, 0.15) is 28.7 Å². The van der Waals surface area contributed by atoms with Crippen LogP contribution < -0.4 is 4.72 Å². The van der Waals surface area contributed by atoms with Gasteiger partial charge in [-0.05, 0) is 37.5 Å². The van der Waals surface area contributed by atoms with Gasteiger partial charge in [-0.2, -0.15) is 0 Å². The maximum Gasteiger partial charge on any atom is 0.307 e. The molecule has 2 aromatic carbocycles. The van der Waals surface area contributed by atoms with Crippen molar-refractivity contribution < 1.29 is 17.9 Å². The van der Waals surface area contributed by atoms with Crippen molar-refractivity contribution in [2.24, 2.45) is 0 Å². The number of rotatable bonds is 7. The van der Waals surface area contributed by atoms with Gasteiger partial charge in [0, 0.05) is 6.54 Å². The third-order valence-electron chi connectivity index (χ3n) is 3.74. The third kappa shape index (κ3) is 5.41. The quantitative estimate of drug-likeness (QED) is 0.770. The van der Waals surface area contributed by atoms with Crippen molar-refractivity contribution in [1.29, 1.82) is 0 Å². The van der Waals surface area contributed by atoms with E-state index < -0.39 is 16.0 Å². The Labute approximate surface area is 149 Å². The van der Waals surface area contributed by atoms with E-state index in [0.29, 0.717) is 11.1 Å². The van der Waals surface area contributed by atoms with Crippen LogP contribution in [0.2, 0.25) is 0 Å². The van der Waals surface area contributed by atoms with Crippen LogP contribution in [0.3, 0.4) is 0 Å². The fraction of sp³-hybridized carbons (Fsp3) is 0.316. The van der Waals surface area contributed by atoms with Gasteiger partial charge in [0.25, 0.3) is 0 Å². The summed E-state index contributed by atoms with van der Waals surface area (Å²) in [6.07, 6.45) is -0.0178. The van der Waals surface area contributed by atoms with E-state index in [4.69, 9.17) is 4.74 Å². The summed E-state index contributed by atoms with van der Waals surface area (Å²) in [6.45, 7) is 5.64. The number of hydrogen-bond acceptors (Lipinski definition) is 4. The van der Waals surface area contributed by atoms with Gasteiger partial charge >= 0.3 is 5.97 Å². The van der Waals surface area contributed by atoms with E-state index in [2.05, 4.69) is 4.72 Å². The molecule has 0 saturated heterocycles. The molecule has 0 saturated carbocycles. The van der Waals surface area contributed by atoms with E-state index in [0.717, 1.165) is 11.1 Å². The third-order valence-corrected chi connectivity index (χ3v) is 5.50. The van der Waals surface area contributed by atoms with Crippen LogP contribution in [0.25, 0.3) is 0 Å². The first kappa shape index (κ1) is 19.1. The summed E-state index contributed by atoms with van der Waals surface area (Å²) in [5.41, 5.74) is 3.29. The molecule has 6 heteroatoms. The molecule has 0 aliphatic carbocycles. The SMILES string of the molecule is Cc1cc(C)c(S(=O)(=O)NCCC(=O)OCc2ccccc2)c(C)c1. The van der Waals surface area contributed by atoms with Crippen molar-refractivity contribution in [3.05, 3.63) is 64.7 Å². The molecule has 0 fully saturated rings. The molecule has 0 heterocycles. The Bertz CT molecular complexity index is 822. The molecular weight excluding hydrogens is 338 g/mol. The normalized spacial score (nSPS) is 11.3.